The number of para-hydroxylation sites is 3. The predicted octanol–water partition coefficient (Wildman–Crippen LogP) is 5.85. The van der Waals surface area contributed by atoms with E-state index < -0.39 is 0 Å². The molecule has 0 bridgehead atoms. The van der Waals surface area contributed by atoms with E-state index in [-0.39, 0.29) is 0 Å². The number of hydrogen-bond acceptors (Lipinski definition) is 3. The van der Waals surface area contributed by atoms with Gasteiger partial charge in [-0.15, -0.1) is 0 Å². The van der Waals surface area contributed by atoms with Crippen LogP contribution in [0.15, 0.2) is 84.0 Å². The highest BCUT2D eigenvalue weighted by Gasteiger charge is 2.12. The number of rotatable bonds is 6. The van der Waals surface area contributed by atoms with Crippen LogP contribution >= 0.6 is 23.4 Å². The number of imidazole rings is 1. The van der Waals surface area contributed by atoms with Crippen LogP contribution in [0, 0.1) is 0 Å². The Morgan fingerprint density at radius 3 is 2.58 bits per heavy atom. The van der Waals surface area contributed by atoms with E-state index >= 15 is 0 Å². The molecular formula is C21H17ClN2OS. The molecule has 0 saturated heterocycles. The molecule has 3 aromatic carbocycles. The topological polar surface area (TPSA) is 27.1 Å². The van der Waals surface area contributed by atoms with Crippen LogP contribution in [0.25, 0.3) is 16.7 Å². The van der Waals surface area contributed by atoms with Crippen molar-refractivity contribution in [1.82, 2.24) is 9.55 Å². The largest absolute Gasteiger partial charge is 0.493 e. The van der Waals surface area contributed by atoms with Crippen LogP contribution in [0.2, 0.25) is 5.02 Å². The molecule has 4 aromatic rings. The molecule has 0 spiro atoms. The van der Waals surface area contributed by atoms with Crippen LogP contribution in [-0.2, 0) is 0 Å². The van der Waals surface area contributed by atoms with E-state index in [1.54, 1.807) is 11.8 Å². The lowest BCUT2D eigenvalue weighted by Gasteiger charge is -2.09. The summed E-state index contributed by atoms with van der Waals surface area (Å²) in [6.07, 6.45) is 0. The number of halogens is 1. The Hall–Kier alpha value is -2.43. The average Bonchev–Trinajstić information content (AvgIpc) is 3.04. The van der Waals surface area contributed by atoms with E-state index in [9.17, 15) is 0 Å². The molecule has 0 aliphatic carbocycles. The number of aromatic nitrogens is 2. The molecular weight excluding hydrogens is 364 g/mol. The fraction of sp³-hybridized carbons (Fsp3) is 0.0952. The molecule has 1 heterocycles. The van der Waals surface area contributed by atoms with Crippen LogP contribution in [0.5, 0.6) is 5.75 Å². The summed E-state index contributed by atoms with van der Waals surface area (Å²) < 4.78 is 7.98. The summed E-state index contributed by atoms with van der Waals surface area (Å²) in [7, 11) is 0. The molecule has 0 amide bonds. The van der Waals surface area contributed by atoms with Crippen molar-refractivity contribution in [3.05, 3.63) is 83.9 Å². The van der Waals surface area contributed by atoms with Crippen LogP contribution in [0.4, 0.5) is 0 Å². The van der Waals surface area contributed by atoms with Gasteiger partial charge in [0.05, 0.1) is 17.6 Å². The molecule has 0 N–H and O–H groups in total. The zero-order valence-corrected chi connectivity index (χ0v) is 15.6. The highest BCUT2D eigenvalue weighted by Crippen LogP contribution is 2.28. The molecule has 0 aliphatic rings. The van der Waals surface area contributed by atoms with Gasteiger partial charge >= 0.3 is 0 Å². The Kier molecular flexibility index (Phi) is 5.14. The molecule has 4 rings (SSSR count). The first-order chi connectivity index (χ1) is 12.8. The van der Waals surface area contributed by atoms with E-state index in [0.29, 0.717) is 11.6 Å². The van der Waals surface area contributed by atoms with Crippen molar-refractivity contribution in [3.8, 4) is 11.4 Å². The van der Waals surface area contributed by atoms with Crippen molar-refractivity contribution < 1.29 is 4.74 Å². The third kappa shape index (κ3) is 3.71. The minimum atomic E-state index is 0.586. The number of fused-ring (bicyclic) bond motifs is 1. The van der Waals surface area contributed by atoms with Gasteiger partial charge in [-0.2, -0.15) is 0 Å². The van der Waals surface area contributed by atoms with Crippen LogP contribution < -0.4 is 4.74 Å². The van der Waals surface area contributed by atoms with Gasteiger partial charge < -0.3 is 4.74 Å². The highest BCUT2D eigenvalue weighted by atomic mass is 35.5. The number of nitrogens with zero attached hydrogens (tertiary/aromatic N) is 2. The van der Waals surface area contributed by atoms with E-state index in [1.807, 2.05) is 60.7 Å². The zero-order valence-electron chi connectivity index (χ0n) is 14.0. The molecule has 0 fully saturated rings. The van der Waals surface area contributed by atoms with Crippen LogP contribution in [0.1, 0.15) is 0 Å². The summed E-state index contributed by atoms with van der Waals surface area (Å²) in [5.41, 5.74) is 3.21. The van der Waals surface area contributed by atoms with E-state index in [1.165, 1.54) is 0 Å². The van der Waals surface area contributed by atoms with Gasteiger partial charge in [0.15, 0.2) is 5.16 Å². The maximum absolute atomic E-state index is 5.99. The molecule has 26 heavy (non-hydrogen) atoms. The van der Waals surface area contributed by atoms with E-state index in [4.69, 9.17) is 21.3 Å². The second kappa shape index (κ2) is 7.85. The summed E-state index contributed by atoms with van der Waals surface area (Å²) in [4.78, 5) is 4.80. The van der Waals surface area contributed by atoms with Gasteiger partial charge in [-0.1, -0.05) is 59.8 Å². The summed E-state index contributed by atoms with van der Waals surface area (Å²) in [6, 6.07) is 26.0. The van der Waals surface area contributed by atoms with Crippen molar-refractivity contribution >= 4 is 34.4 Å². The zero-order chi connectivity index (χ0) is 17.8. The molecule has 0 atom stereocenters. The summed E-state index contributed by atoms with van der Waals surface area (Å²) in [6.45, 7) is 0.586. The molecule has 5 heteroatoms. The third-order valence-corrected chi connectivity index (χ3v) is 5.06. The summed E-state index contributed by atoms with van der Waals surface area (Å²) in [5.74, 6) is 1.58. The molecule has 0 aliphatic heterocycles. The number of thioether (sulfide) groups is 1. The minimum Gasteiger partial charge on any atom is -0.493 e. The lowest BCUT2D eigenvalue weighted by Crippen LogP contribution is -2.02. The predicted molar refractivity (Wildman–Crippen MR) is 109 cm³/mol. The maximum atomic E-state index is 5.99. The first-order valence-electron chi connectivity index (χ1n) is 8.35. The Labute approximate surface area is 161 Å². The standard InChI is InChI=1S/C21H17ClN2OS/c22-16-7-6-10-18(15-16)25-13-14-26-21-23-19-11-4-5-12-20(19)24(21)17-8-2-1-3-9-17/h1-12,15H,13-14H2. The van der Waals surface area contributed by atoms with Crippen molar-refractivity contribution in [3.63, 3.8) is 0 Å². The first-order valence-corrected chi connectivity index (χ1v) is 9.72. The molecule has 1 aromatic heterocycles. The quantitative estimate of drug-likeness (QED) is 0.310. The molecule has 0 unspecified atom stereocenters. The van der Waals surface area contributed by atoms with Gasteiger partial charge in [0.25, 0.3) is 0 Å². The fourth-order valence-corrected chi connectivity index (χ4v) is 3.80. The molecule has 0 saturated carbocycles. The summed E-state index contributed by atoms with van der Waals surface area (Å²) in [5, 5.41) is 1.65. The monoisotopic (exact) mass is 380 g/mol. The van der Waals surface area contributed by atoms with Crippen LogP contribution in [-0.4, -0.2) is 21.9 Å². The number of benzene rings is 3. The third-order valence-electron chi connectivity index (χ3n) is 3.92. The number of hydrogen-bond donors (Lipinski definition) is 0. The Bertz CT molecular complexity index is 1020. The van der Waals surface area contributed by atoms with Crippen LogP contribution in [0.3, 0.4) is 0 Å². The van der Waals surface area contributed by atoms with Gasteiger partial charge in [-0.05, 0) is 42.5 Å². The van der Waals surface area contributed by atoms with Gasteiger partial charge in [0.1, 0.15) is 5.75 Å². The second-order valence-electron chi connectivity index (χ2n) is 5.71. The highest BCUT2D eigenvalue weighted by molar-refractivity contribution is 7.99. The molecule has 0 radical (unpaired) electrons. The van der Waals surface area contributed by atoms with Crippen molar-refractivity contribution in [2.45, 2.75) is 5.16 Å². The summed E-state index contributed by atoms with van der Waals surface area (Å²) >= 11 is 7.67. The van der Waals surface area contributed by atoms with Gasteiger partial charge in [-0.3, -0.25) is 4.57 Å². The van der Waals surface area contributed by atoms with Gasteiger partial charge in [0.2, 0.25) is 0 Å². The maximum Gasteiger partial charge on any atom is 0.173 e. The SMILES string of the molecule is Clc1cccc(OCCSc2nc3ccccc3n2-c2ccccc2)c1. The second-order valence-corrected chi connectivity index (χ2v) is 7.21. The lowest BCUT2D eigenvalue weighted by atomic mass is 10.3. The van der Waals surface area contributed by atoms with Crippen molar-refractivity contribution in [1.29, 1.82) is 0 Å². The Morgan fingerprint density at radius 1 is 0.923 bits per heavy atom. The smallest absolute Gasteiger partial charge is 0.173 e. The first kappa shape index (κ1) is 17.0. The Balaban J connectivity index is 1.53. The number of ether oxygens (including phenoxy) is 1. The van der Waals surface area contributed by atoms with Gasteiger partial charge in [0, 0.05) is 16.5 Å². The fourth-order valence-electron chi connectivity index (χ4n) is 2.78. The van der Waals surface area contributed by atoms with Crippen molar-refractivity contribution in [2.75, 3.05) is 12.4 Å². The lowest BCUT2D eigenvalue weighted by molar-refractivity contribution is 0.344. The van der Waals surface area contributed by atoms with Crippen molar-refractivity contribution in [2.24, 2.45) is 0 Å². The minimum absolute atomic E-state index is 0.586. The van der Waals surface area contributed by atoms with Gasteiger partial charge in [-0.25, -0.2) is 4.98 Å². The van der Waals surface area contributed by atoms with E-state index in [0.717, 1.165) is 33.4 Å². The Morgan fingerprint density at radius 2 is 1.73 bits per heavy atom. The molecule has 130 valence electrons. The molecule has 3 nitrogen and oxygen atoms in total. The van der Waals surface area contributed by atoms with E-state index in [2.05, 4.69) is 22.8 Å². The normalized spacial score (nSPS) is 11.0. The average molecular weight is 381 g/mol.